The zero-order valence-corrected chi connectivity index (χ0v) is 9.79. The molecule has 1 rings (SSSR count). The number of hydrogen-bond donors (Lipinski definition) is 1. The molecule has 88 valence electrons. The van der Waals surface area contributed by atoms with Crippen LogP contribution >= 0.6 is 0 Å². The molecule has 1 unspecified atom stereocenters. The summed E-state index contributed by atoms with van der Waals surface area (Å²) < 4.78 is 5.07. The summed E-state index contributed by atoms with van der Waals surface area (Å²) >= 11 is 0. The second-order valence-corrected chi connectivity index (χ2v) is 4.03. The Balaban J connectivity index is 2.10. The largest absolute Gasteiger partial charge is 0.370 e. The van der Waals surface area contributed by atoms with Gasteiger partial charge in [-0.1, -0.05) is 6.92 Å². The molecule has 0 spiro atoms. The topological polar surface area (TPSA) is 41.6 Å². The van der Waals surface area contributed by atoms with Crippen LogP contribution in [0.2, 0.25) is 0 Å². The smallest absolute Gasteiger partial charge is 0.248 e. The summed E-state index contributed by atoms with van der Waals surface area (Å²) in [5, 5.41) is 3.37. The number of carbonyl (C=O) groups excluding carboxylic acids is 1. The van der Waals surface area contributed by atoms with E-state index >= 15 is 0 Å². The highest BCUT2D eigenvalue weighted by molar-refractivity contribution is 5.77. The Kier molecular flexibility index (Phi) is 5.65. The number of amides is 1. The molecule has 0 aliphatic carbocycles. The Bertz CT molecular complexity index is 197. The van der Waals surface area contributed by atoms with Gasteiger partial charge in [-0.2, -0.15) is 0 Å². The van der Waals surface area contributed by atoms with E-state index in [0.29, 0.717) is 12.6 Å². The minimum absolute atomic E-state index is 0.136. The average Bonchev–Trinajstić information content (AvgIpc) is 2.21. The second-order valence-electron chi connectivity index (χ2n) is 4.03. The molecule has 1 saturated heterocycles. The van der Waals surface area contributed by atoms with Crippen molar-refractivity contribution < 1.29 is 9.53 Å². The van der Waals surface area contributed by atoms with Crippen LogP contribution in [-0.2, 0) is 9.53 Å². The van der Waals surface area contributed by atoms with Gasteiger partial charge < -0.3 is 15.0 Å². The Hall–Kier alpha value is -0.610. The van der Waals surface area contributed by atoms with Crippen LogP contribution in [0.15, 0.2) is 0 Å². The first-order valence-electron chi connectivity index (χ1n) is 5.83. The van der Waals surface area contributed by atoms with E-state index in [1.807, 2.05) is 4.90 Å². The molecular formula is C11H22N2O2. The lowest BCUT2D eigenvalue weighted by Gasteiger charge is -2.27. The van der Waals surface area contributed by atoms with Crippen LogP contribution in [0.3, 0.4) is 0 Å². The first kappa shape index (κ1) is 12.5. The van der Waals surface area contributed by atoms with Gasteiger partial charge in [0.1, 0.15) is 6.61 Å². The van der Waals surface area contributed by atoms with E-state index in [4.69, 9.17) is 4.74 Å². The van der Waals surface area contributed by atoms with Crippen LogP contribution in [-0.4, -0.2) is 49.7 Å². The van der Waals surface area contributed by atoms with Crippen LogP contribution < -0.4 is 5.32 Å². The van der Waals surface area contributed by atoms with Gasteiger partial charge in [-0.05, 0) is 26.3 Å². The number of nitrogens with zero attached hydrogens (tertiary/aromatic N) is 1. The SMILES string of the molecule is CCNC(C)CCCN1CCOCC1=O. The first-order valence-corrected chi connectivity index (χ1v) is 5.83. The summed E-state index contributed by atoms with van der Waals surface area (Å²) in [6, 6.07) is 0.547. The van der Waals surface area contributed by atoms with Gasteiger partial charge in [0.25, 0.3) is 0 Å². The highest BCUT2D eigenvalue weighted by Crippen LogP contribution is 2.03. The van der Waals surface area contributed by atoms with Gasteiger partial charge >= 0.3 is 0 Å². The van der Waals surface area contributed by atoms with Crippen LogP contribution in [0.4, 0.5) is 0 Å². The van der Waals surface area contributed by atoms with E-state index in [1.165, 1.54) is 0 Å². The molecule has 1 amide bonds. The Morgan fingerprint density at radius 2 is 2.40 bits per heavy atom. The number of hydrogen-bond acceptors (Lipinski definition) is 3. The molecule has 15 heavy (non-hydrogen) atoms. The third-order valence-corrected chi connectivity index (χ3v) is 2.70. The Morgan fingerprint density at radius 1 is 1.60 bits per heavy atom. The minimum Gasteiger partial charge on any atom is -0.370 e. The van der Waals surface area contributed by atoms with Crippen molar-refractivity contribution in [2.45, 2.75) is 32.7 Å². The molecule has 4 nitrogen and oxygen atoms in total. The van der Waals surface area contributed by atoms with Crippen molar-refractivity contribution in [2.75, 3.05) is 32.8 Å². The van der Waals surface area contributed by atoms with Crippen LogP contribution in [0.25, 0.3) is 0 Å². The van der Waals surface area contributed by atoms with Crippen molar-refractivity contribution in [2.24, 2.45) is 0 Å². The molecule has 0 aromatic carbocycles. The lowest BCUT2D eigenvalue weighted by atomic mass is 10.1. The molecule has 1 aliphatic rings. The number of ether oxygens (including phenoxy) is 1. The van der Waals surface area contributed by atoms with E-state index < -0.39 is 0 Å². The first-order chi connectivity index (χ1) is 7.24. The quantitative estimate of drug-likeness (QED) is 0.705. The number of rotatable bonds is 6. The van der Waals surface area contributed by atoms with Crippen molar-refractivity contribution in [1.29, 1.82) is 0 Å². The van der Waals surface area contributed by atoms with Gasteiger partial charge in [-0.3, -0.25) is 4.79 Å². The molecule has 1 fully saturated rings. The maximum absolute atomic E-state index is 11.4. The van der Waals surface area contributed by atoms with Crippen molar-refractivity contribution in [1.82, 2.24) is 10.2 Å². The number of nitrogens with one attached hydrogen (secondary N) is 1. The van der Waals surface area contributed by atoms with Gasteiger partial charge in [-0.25, -0.2) is 0 Å². The fourth-order valence-corrected chi connectivity index (χ4v) is 1.83. The standard InChI is InChI=1S/C11H22N2O2/c1-3-12-10(2)5-4-6-13-7-8-15-9-11(13)14/h10,12H,3-9H2,1-2H3. The van der Waals surface area contributed by atoms with Gasteiger partial charge in [-0.15, -0.1) is 0 Å². The molecule has 0 aromatic rings. The molecule has 0 radical (unpaired) electrons. The lowest BCUT2D eigenvalue weighted by molar-refractivity contribution is -0.142. The summed E-state index contributed by atoms with van der Waals surface area (Å²) in [5.74, 6) is 0.136. The third kappa shape index (κ3) is 4.62. The average molecular weight is 214 g/mol. The summed E-state index contributed by atoms with van der Waals surface area (Å²) in [6.07, 6.45) is 2.19. The van der Waals surface area contributed by atoms with Crippen molar-refractivity contribution in [3.8, 4) is 0 Å². The van der Waals surface area contributed by atoms with Gasteiger partial charge in [0.2, 0.25) is 5.91 Å². The predicted molar refractivity (Wildman–Crippen MR) is 59.8 cm³/mol. The van der Waals surface area contributed by atoms with Crippen molar-refractivity contribution in [3.63, 3.8) is 0 Å². The van der Waals surface area contributed by atoms with Crippen LogP contribution in [0, 0.1) is 0 Å². The van der Waals surface area contributed by atoms with Crippen LogP contribution in [0.5, 0.6) is 0 Å². The maximum atomic E-state index is 11.4. The molecule has 1 atom stereocenters. The summed E-state index contributed by atoms with van der Waals surface area (Å²) in [4.78, 5) is 13.3. The Morgan fingerprint density at radius 3 is 3.07 bits per heavy atom. The summed E-state index contributed by atoms with van der Waals surface area (Å²) in [5.41, 5.74) is 0. The molecule has 4 heteroatoms. The molecule has 0 bridgehead atoms. The lowest BCUT2D eigenvalue weighted by Crippen LogP contribution is -2.42. The summed E-state index contributed by atoms with van der Waals surface area (Å²) in [7, 11) is 0. The maximum Gasteiger partial charge on any atom is 0.248 e. The van der Waals surface area contributed by atoms with E-state index in [2.05, 4.69) is 19.2 Å². The molecule has 1 heterocycles. The van der Waals surface area contributed by atoms with Crippen molar-refractivity contribution in [3.05, 3.63) is 0 Å². The molecule has 1 aliphatic heterocycles. The Labute approximate surface area is 92.0 Å². The van der Waals surface area contributed by atoms with Gasteiger partial charge in [0.05, 0.1) is 6.61 Å². The van der Waals surface area contributed by atoms with Crippen LogP contribution in [0.1, 0.15) is 26.7 Å². The minimum atomic E-state index is 0.136. The molecule has 0 saturated carbocycles. The number of morpholine rings is 1. The van der Waals surface area contributed by atoms with E-state index in [9.17, 15) is 4.79 Å². The zero-order valence-electron chi connectivity index (χ0n) is 9.79. The predicted octanol–water partition coefficient (Wildman–Crippen LogP) is 0.623. The molecule has 0 aromatic heterocycles. The highest BCUT2D eigenvalue weighted by atomic mass is 16.5. The molecular weight excluding hydrogens is 192 g/mol. The summed E-state index contributed by atoms with van der Waals surface area (Å²) in [6.45, 7) is 7.90. The zero-order chi connectivity index (χ0) is 11.1. The van der Waals surface area contributed by atoms with E-state index in [-0.39, 0.29) is 12.5 Å². The van der Waals surface area contributed by atoms with Gasteiger partial charge in [0, 0.05) is 19.1 Å². The fraction of sp³-hybridized carbons (Fsp3) is 0.909. The number of carbonyl (C=O) groups is 1. The molecule has 1 N–H and O–H groups in total. The highest BCUT2D eigenvalue weighted by Gasteiger charge is 2.17. The fourth-order valence-electron chi connectivity index (χ4n) is 1.83. The van der Waals surface area contributed by atoms with E-state index in [0.717, 1.165) is 32.5 Å². The monoisotopic (exact) mass is 214 g/mol. The second kappa shape index (κ2) is 6.80. The van der Waals surface area contributed by atoms with E-state index in [1.54, 1.807) is 0 Å². The normalized spacial score (nSPS) is 19.3. The van der Waals surface area contributed by atoms with Gasteiger partial charge in [0.15, 0.2) is 0 Å². The van der Waals surface area contributed by atoms with Crippen molar-refractivity contribution >= 4 is 5.91 Å². The third-order valence-electron chi connectivity index (χ3n) is 2.70.